The number of carbonyl (C=O) groups is 2. The Labute approximate surface area is 125 Å². The van der Waals surface area contributed by atoms with E-state index in [0.29, 0.717) is 12.3 Å². The molecule has 21 heavy (non-hydrogen) atoms. The van der Waals surface area contributed by atoms with E-state index in [4.69, 9.17) is 0 Å². The van der Waals surface area contributed by atoms with E-state index < -0.39 is 0 Å². The third kappa shape index (κ3) is 3.43. The molecule has 2 bridgehead atoms. The molecule has 112 valence electrons. The number of anilines is 2. The molecule has 3 atom stereocenters. The summed E-state index contributed by atoms with van der Waals surface area (Å²) < 4.78 is 0. The van der Waals surface area contributed by atoms with Crippen LogP contribution >= 0.6 is 0 Å². The summed E-state index contributed by atoms with van der Waals surface area (Å²) in [7, 11) is 0. The monoisotopic (exact) mass is 286 g/mol. The predicted molar refractivity (Wildman–Crippen MR) is 82.9 cm³/mol. The van der Waals surface area contributed by atoms with E-state index in [2.05, 4.69) is 10.6 Å². The van der Waals surface area contributed by atoms with Crippen LogP contribution in [0.4, 0.5) is 11.4 Å². The molecule has 1 aromatic carbocycles. The molecule has 0 aromatic heterocycles. The van der Waals surface area contributed by atoms with Gasteiger partial charge in [0.1, 0.15) is 0 Å². The number of fused-ring (bicyclic) bond motifs is 2. The Morgan fingerprint density at radius 3 is 2.24 bits per heavy atom. The van der Waals surface area contributed by atoms with Crippen molar-refractivity contribution < 1.29 is 9.59 Å². The minimum atomic E-state index is -0.0944. The number of carbonyl (C=O) groups excluding carboxylic acids is 2. The van der Waals surface area contributed by atoms with E-state index in [1.54, 1.807) is 12.1 Å². The van der Waals surface area contributed by atoms with Gasteiger partial charge in [0.05, 0.1) is 0 Å². The molecular weight excluding hydrogens is 264 g/mol. The smallest absolute Gasteiger partial charge is 0.224 e. The van der Waals surface area contributed by atoms with Gasteiger partial charge in [-0.3, -0.25) is 9.59 Å². The summed E-state index contributed by atoms with van der Waals surface area (Å²) in [6.07, 6.45) is 5.90. The van der Waals surface area contributed by atoms with Crippen LogP contribution in [-0.4, -0.2) is 11.8 Å². The van der Waals surface area contributed by atoms with Gasteiger partial charge in [0.25, 0.3) is 0 Å². The van der Waals surface area contributed by atoms with E-state index in [0.717, 1.165) is 23.2 Å². The zero-order valence-electron chi connectivity index (χ0n) is 12.4. The fourth-order valence-corrected chi connectivity index (χ4v) is 3.92. The van der Waals surface area contributed by atoms with Crippen LogP contribution in [-0.2, 0) is 9.59 Å². The zero-order valence-corrected chi connectivity index (χ0v) is 12.4. The Balaban J connectivity index is 1.51. The minimum absolute atomic E-state index is 0.0944. The van der Waals surface area contributed by atoms with Gasteiger partial charge in [-0.05, 0) is 61.3 Å². The van der Waals surface area contributed by atoms with Gasteiger partial charge in [0, 0.05) is 24.7 Å². The van der Waals surface area contributed by atoms with Crippen molar-refractivity contribution in [3.8, 4) is 0 Å². The summed E-state index contributed by atoms with van der Waals surface area (Å²) in [4.78, 5) is 23.1. The normalized spacial score (nSPS) is 26.6. The van der Waals surface area contributed by atoms with Gasteiger partial charge in [-0.25, -0.2) is 0 Å². The van der Waals surface area contributed by atoms with Gasteiger partial charge in [-0.2, -0.15) is 0 Å². The second-order valence-corrected chi connectivity index (χ2v) is 6.45. The lowest BCUT2D eigenvalue weighted by Gasteiger charge is -2.20. The highest BCUT2D eigenvalue weighted by Crippen LogP contribution is 2.49. The molecule has 3 rings (SSSR count). The van der Waals surface area contributed by atoms with Crippen LogP contribution in [0.15, 0.2) is 24.3 Å². The van der Waals surface area contributed by atoms with Gasteiger partial charge in [0.2, 0.25) is 11.8 Å². The van der Waals surface area contributed by atoms with Gasteiger partial charge in [0.15, 0.2) is 0 Å². The Bertz CT molecular complexity index is 538. The average molecular weight is 286 g/mol. The zero-order chi connectivity index (χ0) is 14.8. The Kier molecular flexibility index (Phi) is 3.95. The fraction of sp³-hybridized carbons (Fsp3) is 0.529. The SMILES string of the molecule is CC(=O)Nc1ccc(NC(=O)CC2CC3CCC2C3)cc1. The van der Waals surface area contributed by atoms with Gasteiger partial charge >= 0.3 is 0 Å². The van der Waals surface area contributed by atoms with Crippen molar-refractivity contribution in [2.75, 3.05) is 10.6 Å². The van der Waals surface area contributed by atoms with E-state index in [9.17, 15) is 9.59 Å². The molecule has 4 nitrogen and oxygen atoms in total. The minimum Gasteiger partial charge on any atom is -0.326 e. The number of amides is 2. The molecule has 4 heteroatoms. The average Bonchev–Trinajstić information content (AvgIpc) is 3.02. The van der Waals surface area contributed by atoms with Crippen LogP contribution in [0.5, 0.6) is 0 Å². The summed E-state index contributed by atoms with van der Waals surface area (Å²) in [5, 5.41) is 5.67. The summed E-state index contributed by atoms with van der Waals surface area (Å²) in [6, 6.07) is 7.25. The molecule has 1 aromatic rings. The van der Waals surface area contributed by atoms with Gasteiger partial charge in [-0.15, -0.1) is 0 Å². The molecule has 2 aliphatic carbocycles. The maximum Gasteiger partial charge on any atom is 0.224 e. The number of rotatable bonds is 4. The Morgan fingerprint density at radius 2 is 1.71 bits per heavy atom. The van der Waals surface area contributed by atoms with Crippen molar-refractivity contribution >= 4 is 23.2 Å². The van der Waals surface area contributed by atoms with Gasteiger partial charge < -0.3 is 10.6 Å². The van der Waals surface area contributed by atoms with Crippen molar-refractivity contribution in [1.29, 1.82) is 0 Å². The molecule has 0 heterocycles. The molecule has 2 fully saturated rings. The third-order valence-corrected chi connectivity index (χ3v) is 4.82. The summed E-state index contributed by atoms with van der Waals surface area (Å²) in [5.74, 6) is 2.26. The lowest BCUT2D eigenvalue weighted by molar-refractivity contribution is -0.117. The first-order valence-corrected chi connectivity index (χ1v) is 7.77. The standard InChI is InChI=1S/C17H22N2O2/c1-11(20)18-15-4-6-16(7-5-15)19-17(21)10-14-9-12-2-3-13(14)8-12/h4-7,12-14H,2-3,8-10H2,1H3,(H,18,20)(H,19,21). The molecule has 2 N–H and O–H groups in total. The first kappa shape index (κ1) is 14.1. The lowest BCUT2D eigenvalue weighted by Crippen LogP contribution is -2.20. The van der Waals surface area contributed by atoms with Crippen molar-refractivity contribution in [2.45, 2.75) is 39.0 Å². The van der Waals surface area contributed by atoms with E-state index in [1.165, 1.54) is 32.6 Å². The van der Waals surface area contributed by atoms with Crippen LogP contribution in [0.25, 0.3) is 0 Å². The highest BCUT2D eigenvalue weighted by Gasteiger charge is 2.40. The molecule has 2 saturated carbocycles. The van der Waals surface area contributed by atoms with E-state index in [-0.39, 0.29) is 11.8 Å². The van der Waals surface area contributed by atoms with Crippen molar-refractivity contribution in [3.63, 3.8) is 0 Å². The molecule has 3 unspecified atom stereocenters. The quantitative estimate of drug-likeness (QED) is 0.891. The number of nitrogens with one attached hydrogen (secondary N) is 2. The second kappa shape index (κ2) is 5.88. The number of benzene rings is 1. The van der Waals surface area contributed by atoms with Crippen LogP contribution in [0.2, 0.25) is 0 Å². The van der Waals surface area contributed by atoms with Crippen LogP contribution < -0.4 is 10.6 Å². The van der Waals surface area contributed by atoms with E-state index in [1.807, 2.05) is 12.1 Å². The molecule has 0 aliphatic heterocycles. The van der Waals surface area contributed by atoms with Crippen LogP contribution in [0, 0.1) is 17.8 Å². The lowest BCUT2D eigenvalue weighted by atomic mass is 9.86. The molecule has 0 radical (unpaired) electrons. The van der Waals surface area contributed by atoms with Crippen molar-refractivity contribution in [1.82, 2.24) is 0 Å². The Morgan fingerprint density at radius 1 is 1.05 bits per heavy atom. The summed E-state index contributed by atoms with van der Waals surface area (Å²) >= 11 is 0. The molecule has 0 spiro atoms. The summed E-state index contributed by atoms with van der Waals surface area (Å²) in [6.45, 7) is 1.48. The molecular formula is C17H22N2O2. The fourth-order valence-electron chi connectivity index (χ4n) is 3.92. The molecule has 2 aliphatic rings. The maximum absolute atomic E-state index is 12.1. The van der Waals surface area contributed by atoms with Crippen molar-refractivity contribution in [3.05, 3.63) is 24.3 Å². The third-order valence-electron chi connectivity index (χ3n) is 4.82. The Hall–Kier alpha value is -1.84. The topological polar surface area (TPSA) is 58.2 Å². The largest absolute Gasteiger partial charge is 0.326 e. The number of hydrogen-bond donors (Lipinski definition) is 2. The van der Waals surface area contributed by atoms with E-state index >= 15 is 0 Å². The summed E-state index contributed by atoms with van der Waals surface area (Å²) in [5.41, 5.74) is 1.53. The van der Waals surface area contributed by atoms with Crippen molar-refractivity contribution in [2.24, 2.45) is 17.8 Å². The highest BCUT2D eigenvalue weighted by molar-refractivity contribution is 5.92. The highest BCUT2D eigenvalue weighted by atomic mass is 16.2. The number of hydrogen-bond acceptors (Lipinski definition) is 2. The second-order valence-electron chi connectivity index (χ2n) is 6.45. The molecule has 0 saturated heterocycles. The predicted octanol–water partition coefficient (Wildman–Crippen LogP) is 3.41. The van der Waals surface area contributed by atoms with Gasteiger partial charge in [-0.1, -0.05) is 6.42 Å². The molecule has 2 amide bonds. The first-order valence-electron chi connectivity index (χ1n) is 7.77. The van der Waals surface area contributed by atoms with Crippen LogP contribution in [0.3, 0.4) is 0 Å². The first-order chi connectivity index (χ1) is 10.1. The van der Waals surface area contributed by atoms with Crippen LogP contribution in [0.1, 0.15) is 39.0 Å². The maximum atomic E-state index is 12.1.